The number of carbonyl (C=O) groups excluding carboxylic acids is 2. The van der Waals surface area contributed by atoms with Gasteiger partial charge in [-0.25, -0.2) is 0 Å². The van der Waals surface area contributed by atoms with Gasteiger partial charge in [0.15, 0.2) is 0 Å². The summed E-state index contributed by atoms with van der Waals surface area (Å²) >= 11 is 5.80. The van der Waals surface area contributed by atoms with E-state index in [1.165, 1.54) is 0 Å². The largest absolute Gasteiger partial charge is 0.349 e. The van der Waals surface area contributed by atoms with Crippen LogP contribution in [0.5, 0.6) is 0 Å². The normalized spacial score (nSPS) is 9.95. The number of hydrogen-bond acceptors (Lipinski definition) is 3. The van der Waals surface area contributed by atoms with Crippen molar-refractivity contribution in [3.63, 3.8) is 0 Å². The van der Waals surface area contributed by atoms with Gasteiger partial charge in [-0.1, -0.05) is 23.7 Å². The Morgan fingerprint density at radius 3 is 2.67 bits per heavy atom. The molecular formula is C15H14ClN3O2. The molecule has 1 aromatic carbocycles. The maximum Gasteiger partial charge on any atom is 0.251 e. The zero-order valence-corrected chi connectivity index (χ0v) is 11.9. The van der Waals surface area contributed by atoms with Gasteiger partial charge in [0.05, 0.1) is 18.8 Å². The van der Waals surface area contributed by atoms with Gasteiger partial charge in [0.25, 0.3) is 5.91 Å². The van der Waals surface area contributed by atoms with E-state index in [1.807, 2.05) is 12.1 Å². The van der Waals surface area contributed by atoms with E-state index in [9.17, 15) is 9.59 Å². The predicted octanol–water partition coefficient (Wildman–Crippen LogP) is 1.78. The number of benzene rings is 1. The van der Waals surface area contributed by atoms with Gasteiger partial charge in [-0.05, 0) is 30.3 Å². The van der Waals surface area contributed by atoms with E-state index in [4.69, 9.17) is 11.6 Å². The van der Waals surface area contributed by atoms with E-state index >= 15 is 0 Å². The molecule has 2 rings (SSSR count). The van der Waals surface area contributed by atoms with Crippen molar-refractivity contribution in [1.29, 1.82) is 0 Å². The smallest absolute Gasteiger partial charge is 0.251 e. The van der Waals surface area contributed by atoms with Crippen LogP contribution in [-0.4, -0.2) is 23.3 Å². The molecule has 0 aliphatic rings. The Hall–Kier alpha value is -2.40. The van der Waals surface area contributed by atoms with Gasteiger partial charge in [-0.2, -0.15) is 0 Å². The third kappa shape index (κ3) is 4.89. The summed E-state index contributed by atoms with van der Waals surface area (Å²) in [4.78, 5) is 27.5. The van der Waals surface area contributed by atoms with E-state index in [1.54, 1.807) is 36.5 Å². The topological polar surface area (TPSA) is 71.1 Å². The van der Waals surface area contributed by atoms with Crippen molar-refractivity contribution in [2.75, 3.05) is 6.54 Å². The molecule has 0 spiro atoms. The van der Waals surface area contributed by atoms with Crippen LogP contribution in [0.1, 0.15) is 16.1 Å². The Morgan fingerprint density at radius 1 is 1.10 bits per heavy atom. The fraction of sp³-hybridized carbons (Fsp3) is 0.133. The molecule has 2 aromatic rings. The lowest BCUT2D eigenvalue weighted by Crippen LogP contribution is -2.36. The van der Waals surface area contributed by atoms with Crippen LogP contribution in [0.4, 0.5) is 0 Å². The lowest BCUT2D eigenvalue weighted by atomic mass is 10.2. The first-order valence-electron chi connectivity index (χ1n) is 6.35. The minimum atomic E-state index is -0.342. The number of nitrogens with one attached hydrogen (secondary N) is 2. The van der Waals surface area contributed by atoms with Gasteiger partial charge in [0.1, 0.15) is 0 Å². The molecule has 0 aliphatic heterocycles. The molecule has 2 amide bonds. The molecule has 0 fully saturated rings. The highest BCUT2D eigenvalue weighted by Gasteiger charge is 2.08. The fourth-order valence-electron chi connectivity index (χ4n) is 1.65. The molecule has 0 aliphatic carbocycles. The molecule has 2 N–H and O–H groups in total. The molecule has 0 atom stereocenters. The van der Waals surface area contributed by atoms with Crippen molar-refractivity contribution in [3.05, 3.63) is 64.9 Å². The van der Waals surface area contributed by atoms with Crippen LogP contribution in [0.15, 0.2) is 48.7 Å². The Bertz CT molecular complexity index is 632. The zero-order chi connectivity index (χ0) is 15.1. The van der Waals surface area contributed by atoms with Crippen molar-refractivity contribution in [2.24, 2.45) is 0 Å². The molecular weight excluding hydrogens is 290 g/mol. The molecule has 0 bridgehead atoms. The second-order valence-corrected chi connectivity index (χ2v) is 4.73. The first kappa shape index (κ1) is 15.0. The third-order valence-electron chi connectivity index (χ3n) is 2.69. The number of nitrogens with zero attached hydrogens (tertiary/aromatic N) is 1. The van der Waals surface area contributed by atoms with Gasteiger partial charge < -0.3 is 10.6 Å². The van der Waals surface area contributed by atoms with Crippen LogP contribution < -0.4 is 10.6 Å². The molecule has 108 valence electrons. The molecule has 0 unspecified atom stereocenters. The summed E-state index contributed by atoms with van der Waals surface area (Å²) in [6, 6.07) is 12.0. The second-order valence-electron chi connectivity index (χ2n) is 4.29. The lowest BCUT2D eigenvalue weighted by Gasteiger charge is -2.07. The average molecular weight is 304 g/mol. The molecule has 21 heavy (non-hydrogen) atoms. The Morgan fingerprint density at radius 2 is 1.95 bits per heavy atom. The van der Waals surface area contributed by atoms with Crippen LogP contribution >= 0.6 is 11.6 Å². The van der Waals surface area contributed by atoms with Gasteiger partial charge in [-0.15, -0.1) is 0 Å². The molecule has 0 saturated carbocycles. The van der Waals surface area contributed by atoms with Crippen LogP contribution in [-0.2, 0) is 11.3 Å². The summed E-state index contributed by atoms with van der Waals surface area (Å²) in [7, 11) is 0. The van der Waals surface area contributed by atoms with E-state index in [-0.39, 0.29) is 18.4 Å². The highest BCUT2D eigenvalue weighted by Crippen LogP contribution is 2.10. The maximum atomic E-state index is 11.8. The SMILES string of the molecule is O=C(CNC(=O)c1cccc(Cl)c1)NCc1ccccn1. The summed E-state index contributed by atoms with van der Waals surface area (Å²) in [6.07, 6.45) is 1.66. The van der Waals surface area contributed by atoms with Crippen LogP contribution in [0.2, 0.25) is 5.02 Å². The first-order chi connectivity index (χ1) is 10.1. The van der Waals surface area contributed by atoms with Crippen LogP contribution in [0, 0.1) is 0 Å². The number of halogens is 1. The number of carbonyl (C=O) groups is 2. The minimum Gasteiger partial charge on any atom is -0.349 e. The number of hydrogen-bond donors (Lipinski definition) is 2. The second kappa shape index (κ2) is 7.40. The monoisotopic (exact) mass is 303 g/mol. The summed E-state index contributed by atoms with van der Waals surface area (Å²) in [5, 5.41) is 5.68. The Labute approximate surface area is 127 Å². The molecule has 0 saturated heterocycles. The standard InChI is InChI=1S/C15H14ClN3O2/c16-12-5-3-4-11(8-12)15(21)19-10-14(20)18-9-13-6-1-2-7-17-13/h1-8H,9-10H2,(H,18,20)(H,19,21). The third-order valence-corrected chi connectivity index (χ3v) is 2.92. The van der Waals surface area contributed by atoms with E-state index < -0.39 is 0 Å². The van der Waals surface area contributed by atoms with Crippen molar-refractivity contribution < 1.29 is 9.59 Å². The fourth-order valence-corrected chi connectivity index (χ4v) is 1.84. The molecule has 1 aromatic heterocycles. The summed E-state index contributed by atoms with van der Waals surface area (Å²) in [6.45, 7) is 0.227. The number of rotatable bonds is 5. The average Bonchev–Trinajstić information content (AvgIpc) is 2.51. The number of amides is 2. The summed E-state index contributed by atoms with van der Waals surface area (Å²) in [5.41, 5.74) is 1.17. The first-order valence-corrected chi connectivity index (χ1v) is 6.73. The van der Waals surface area contributed by atoms with E-state index in [0.29, 0.717) is 17.1 Å². The molecule has 1 heterocycles. The van der Waals surface area contributed by atoms with Crippen molar-refractivity contribution in [2.45, 2.75) is 6.54 Å². The lowest BCUT2D eigenvalue weighted by molar-refractivity contribution is -0.120. The maximum absolute atomic E-state index is 11.8. The van der Waals surface area contributed by atoms with Gasteiger partial charge in [0.2, 0.25) is 5.91 Å². The minimum absolute atomic E-state index is 0.0990. The van der Waals surface area contributed by atoms with Crippen molar-refractivity contribution in [1.82, 2.24) is 15.6 Å². The summed E-state index contributed by atoms with van der Waals surface area (Å²) < 4.78 is 0. The Balaban J connectivity index is 1.77. The van der Waals surface area contributed by atoms with E-state index in [0.717, 1.165) is 5.69 Å². The number of aromatic nitrogens is 1. The highest BCUT2D eigenvalue weighted by molar-refractivity contribution is 6.30. The van der Waals surface area contributed by atoms with Gasteiger partial charge >= 0.3 is 0 Å². The molecule has 0 radical (unpaired) electrons. The summed E-state index contributed by atoms with van der Waals surface area (Å²) in [5.74, 6) is -0.624. The zero-order valence-electron chi connectivity index (χ0n) is 11.2. The van der Waals surface area contributed by atoms with Crippen LogP contribution in [0.3, 0.4) is 0 Å². The van der Waals surface area contributed by atoms with Crippen LogP contribution in [0.25, 0.3) is 0 Å². The highest BCUT2D eigenvalue weighted by atomic mass is 35.5. The molecule has 5 nitrogen and oxygen atoms in total. The van der Waals surface area contributed by atoms with Crippen molar-refractivity contribution in [3.8, 4) is 0 Å². The predicted molar refractivity (Wildman–Crippen MR) is 79.9 cm³/mol. The Kier molecular flexibility index (Phi) is 5.29. The quantitative estimate of drug-likeness (QED) is 0.884. The number of pyridine rings is 1. The molecule has 6 heteroatoms. The van der Waals surface area contributed by atoms with Gasteiger partial charge in [0, 0.05) is 16.8 Å². The van der Waals surface area contributed by atoms with Crippen molar-refractivity contribution >= 4 is 23.4 Å². The van der Waals surface area contributed by atoms with E-state index in [2.05, 4.69) is 15.6 Å². The van der Waals surface area contributed by atoms with Gasteiger partial charge in [-0.3, -0.25) is 14.6 Å².